The lowest BCUT2D eigenvalue weighted by atomic mass is 10.3. The molecule has 0 spiro atoms. The molecule has 0 radical (unpaired) electrons. The molecular formula is C10H17F4N7. The van der Waals surface area contributed by atoms with Gasteiger partial charge < -0.3 is 10.2 Å². The van der Waals surface area contributed by atoms with E-state index in [1.807, 2.05) is 13.8 Å². The lowest BCUT2D eigenvalue weighted by Crippen LogP contribution is -2.35. The van der Waals surface area contributed by atoms with Gasteiger partial charge in [-0.25, -0.2) is 14.6 Å². The number of hydrogen-bond acceptors (Lipinski definition) is 7. The van der Waals surface area contributed by atoms with Crippen LogP contribution in [0.3, 0.4) is 0 Å². The number of nitrogen functional groups attached to an aromatic ring is 1. The molecule has 0 saturated carbocycles. The van der Waals surface area contributed by atoms with Gasteiger partial charge in [0.25, 0.3) is 0 Å². The largest absolute Gasteiger partial charge is 0.348 e. The molecule has 1 aromatic heterocycles. The number of hydrazine groups is 1. The predicted molar refractivity (Wildman–Crippen MR) is 70.6 cm³/mol. The lowest BCUT2D eigenvalue weighted by molar-refractivity contribution is -0.117. The fraction of sp³-hybridized carbons (Fsp3) is 0.700. The second kappa shape index (κ2) is 7.20. The fourth-order valence-corrected chi connectivity index (χ4v) is 1.43. The van der Waals surface area contributed by atoms with E-state index in [2.05, 4.69) is 25.7 Å². The Morgan fingerprint density at radius 1 is 1.14 bits per heavy atom. The summed E-state index contributed by atoms with van der Waals surface area (Å²) < 4.78 is 49.9. The SMILES string of the molecule is CCN(CC)c1nc(NN)nc(NCC(F)(F)C(F)F)n1. The van der Waals surface area contributed by atoms with Crippen LogP contribution in [0.1, 0.15) is 13.8 Å². The maximum Gasteiger partial charge on any atom is 0.324 e. The maximum atomic E-state index is 12.9. The van der Waals surface area contributed by atoms with Gasteiger partial charge >= 0.3 is 12.3 Å². The molecule has 0 unspecified atom stereocenters. The topological polar surface area (TPSA) is 92.0 Å². The minimum Gasteiger partial charge on any atom is -0.348 e. The van der Waals surface area contributed by atoms with Crippen LogP contribution in [0, 0.1) is 0 Å². The van der Waals surface area contributed by atoms with Crippen molar-refractivity contribution in [2.45, 2.75) is 26.2 Å². The Balaban J connectivity index is 2.94. The van der Waals surface area contributed by atoms with E-state index in [0.29, 0.717) is 13.1 Å². The molecule has 4 N–H and O–H groups in total. The molecule has 0 aromatic carbocycles. The van der Waals surface area contributed by atoms with Crippen LogP contribution in [-0.4, -0.2) is 46.9 Å². The molecule has 0 fully saturated rings. The molecule has 21 heavy (non-hydrogen) atoms. The summed E-state index contributed by atoms with van der Waals surface area (Å²) in [5.74, 6) is 0.877. The molecule has 0 atom stereocenters. The molecule has 120 valence electrons. The number of rotatable bonds is 8. The van der Waals surface area contributed by atoms with Gasteiger partial charge in [-0.3, -0.25) is 5.43 Å². The van der Waals surface area contributed by atoms with Crippen molar-refractivity contribution in [2.75, 3.05) is 35.3 Å². The monoisotopic (exact) mass is 311 g/mol. The summed E-state index contributed by atoms with van der Waals surface area (Å²) in [7, 11) is 0. The molecule has 0 aliphatic heterocycles. The smallest absolute Gasteiger partial charge is 0.324 e. The molecular weight excluding hydrogens is 294 g/mol. The molecule has 11 heteroatoms. The summed E-state index contributed by atoms with van der Waals surface area (Å²) in [6.45, 7) is 3.53. The van der Waals surface area contributed by atoms with Crippen molar-refractivity contribution >= 4 is 17.8 Å². The Morgan fingerprint density at radius 2 is 1.71 bits per heavy atom. The third-order valence-electron chi connectivity index (χ3n) is 2.60. The first-order valence-corrected chi connectivity index (χ1v) is 6.21. The van der Waals surface area contributed by atoms with Gasteiger partial charge in [-0.15, -0.1) is 0 Å². The van der Waals surface area contributed by atoms with Crippen molar-refractivity contribution in [2.24, 2.45) is 5.84 Å². The van der Waals surface area contributed by atoms with Crippen molar-refractivity contribution in [3.8, 4) is 0 Å². The van der Waals surface area contributed by atoms with E-state index in [9.17, 15) is 17.6 Å². The Hall–Kier alpha value is -1.91. The second-order valence-corrected chi connectivity index (χ2v) is 4.01. The van der Waals surface area contributed by atoms with Crippen LogP contribution in [0.5, 0.6) is 0 Å². The highest BCUT2D eigenvalue weighted by molar-refractivity contribution is 5.43. The number of anilines is 3. The Kier molecular flexibility index (Phi) is 5.88. The van der Waals surface area contributed by atoms with Gasteiger partial charge in [0.05, 0.1) is 6.54 Å². The van der Waals surface area contributed by atoms with Gasteiger partial charge in [0, 0.05) is 13.1 Å². The minimum atomic E-state index is -4.18. The zero-order valence-corrected chi connectivity index (χ0v) is 11.6. The third-order valence-corrected chi connectivity index (χ3v) is 2.60. The van der Waals surface area contributed by atoms with Crippen molar-refractivity contribution in [1.29, 1.82) is 0 Å². The number of aromatic nitrogens is 3. The van der Waals surface area contributed by atoms with Crippen LogP contribution in [0.2, 0.25) is 0 Å². The third kappa shape index (κ3) is 4.55. The molecule has 0 aliphatic rings. The zero-order chi connectivity index (χ0) is 16.0. The van der Waals surface area contributed by atoms with Crippen molar-refractivity contribution in [3.05, 3.63) is 0 Å². The second-order valence-electron chi connectivity index (χ2n) is 4.01. The quantitative estimate of drug-likeness (QED) is 0.379. The van der Waals surface area contributed by atoms with Crippen molar-refractivity contribution < 1.29 is 17.6 Å². The highest BCUT2D eigenvalue weighted by Gasteiger charge is 2.40. The van der Waals surface area contributed by atoms with Crippen LogP contribution < -0.4 is 21.5 Å². The van der Waals surface area contributed by atoms with E-state index < -0.39 is 18.9 Å². The Bertz CT molecular complexity index is 453. The van der Waals surface area contributed by atoms with Gasteiger partial charge in [-0.2, -0.15) is 23.7 Å². The highest BCUT2D eigenvalue weighted by Crippen LogP contribution is 2.23. The van der Waals surface area contributed by atoms with Gasteiger partial charge in [0.2, 0.25) is 17.8 Å². The highest BCUT2D eigenvalue weighted by atomic mass is 19.3. The van der Waals surface area contributed by atoms with E-state index in [1.165, 1.54) is 0 Å². The van der Waals surface area contributed by atoms with E-state index in [-0.39, 0.29) is 17.8 Å². The van der Waals surface area contributed by atoms with E-state index in [1.54, 1.807) is 4.90 Å². The van der Waals surface area contributed by atoms with Crippen LogP contribution >= 0.6 is 0 Å². The summed E-state index contributed by atoms with van der Waals surface area (Å²) in [4.78, 5) is 13.3. The van der Waals surface area contributed by atoms with Gasteiger partial charge in [-0.1, -0.05) is 0 Å². The fourth-order valence-electron chi connectivity index (χ4n) is 1.43. The summed E-state index contributed by atoms with van der Waals surface area (Å²) in [5.41, 5.74) is 2.17. The zero-order valence-electron chi connectivity index (χ0n) is 11.6. The Morgan fingerprint density at radius 3 is 2.19 bits per heavy atom. The number of hydrogen-bond donors (Lipinski definition) is 3. The standard InChI is InChI=1S/C10H17F4N7/c1-3-21(4-2)9-18-7(17-8(19-9)20-15)16-5-10(13,14)6(11)12/h6H,3-5,15H2,1-2H3,(H2,16,17,18,19,20). The average Bonchev–Trinajstić information content (AvgIpc) is 2.46. The number of alkyl halides is 4. The summed E-state index contributed by atoms with van der Waals surface area (Å²) in [6, 6.07) is 0. The first kappa shape index (κ1) is 17.1. The minimum absolute atomic E-state index is 0.0604. The lowest BCUT2D eigenvalue weighted by Gasteiger charge is -2.20. The van der Waals surface area contributed by atoms with Crippen LogP contribution in [0.4, 0.5) is 35.4 Å². The molecule has 0 amide bonds. The van der Waals surface area contributed by atoms with E-state index in [4.69, 9.17) is 5.84 Å². The van der Waals surface area contributed by atoms with Crippen molar-refractivity contribution in [3.63, 3.8) is 0 Å². The maximum absolute atomic E-state index is 12.9. The molecule has 0 bridgehead atoms. The normalized spacial score (nSPS) is 11.6. The van der Waals surface area contributed by atoms with Crippen molar-refractivity contribution in [1.82, 2.24) is 15.0 Å². The molecule has 7 nitrogen and oxygen atoms in total. The predicted octanol–water partition coefficient (Wildman–Crippen LogP) is 1.32. The average molecular weight is 311 g/mol. The van der Waals surface area contributed by atoms with Gasteiger partial charge in [-0.05, 0) is 13.8 Å². The number of nitrogens with one attached hydrogen (secondary N) is 2. The molecule has 1 rings (SSSR count). The van der Waals surface area contributed by atoms with Crippen LogP contribution in [-0.2, 0) is 0 Å². The molecule has 0 saturated heterocycles. The first-order chi connectivity index (χ1) is 9.83. The van der Waals surface area contributed by atoms with E-state index in [0.717, 1.165) is 0 Å². The van der Waals surface area contributed by atoms with Gasteiger partial charge in [0.1, 0.15) is 0 Å². The number of halogens is 4. The van der Waals surface area contributed by atoms with Crippen LogP contribution in [0.25, 0.3) is 0 Å². The summed E-state index contributed by atoms with van der Waals surface area (Å²) >= 11 is 0. The number of nitrogens with zero attached hydrogens (tertiary/aromatic N) is 4. The molecule has 0 aliphatic carbocycles. The van der Waals surface area contributed by atoms with E-state index >= 15 is 0 Å². The summed E-state index contributed by atoms with van der Waals surface area (Å²) in [6.07, 6.45) is -3.78. The summed E-state index contributed by atoms with van der Waals surface area (Å²) in [5, 5.41) is 2.07. The molecule has 1 aromatic rings. The van der Waals surface area contributed by atoms with Crippen LogP contribution in [0.15, 0.2) is 0 Å². The number of nitrogens with two attached hydrogens (primary N) is 1. The molecule has 1 heterocycles. The Labute approximate surface area is 118 Å². The first-order valence-electron chi connectivity index (χ1n) is 6.21. The van der Waals surface area contributed by atoms with Gasteiger partial charge in [0.15, 0.2) is 0 Å².